The van der Waals surface area contributed by atoms with E-state index in [1.54, 1.807) is 30.3 Å². The summed E-state index contributed by atoms with van der Waals surface area (Å²) in [5.41, 5.74) is 5.07. The van der Waals surface area contributed by atoms with E-state index in [-0.39, 0.29) is 24.0 Å². The van der Waals surface area contributed by atoms with E-state index in [1.165, 1.54) is 0 Å². The fourth-order valence-electron chi connectivity index (χ4n) is 3.82. The summed E-state index contributed by atoms with van der Waals surface area (Å²) in [6, 6.07) is 19.9. The van der Waals surface area contributed by atoms with Crippen LogP contribution < -0.4 is 15.4 Å². The van der Waals surface area contributed by atoms with Crippen molar-refractivity contribution in [3.8, 4) is 5.75 Å². The summed E-state index contributed by atoms with van der Waals surface area (Å²) in [4.78, 5) is 51.0. The minimum atomic E-state index is -0.524. The predicted molar refractivity (Wildman–Crippen MR) is 149 cm³/mol. The van der Waals surface area contributed by atoms with Crippen LogP contribution in [0.1, 0.15) is 22.3 Å². The van der Waals surface area contributed by atoms with Crippen LogP contribution in [0.3, 0.4) is 0 Å². The van der Waals surface area contributed by atoms with Gasteiger partial charge in [0.05, 0.1) is 4.91 Å². The van der Waals surface area contributed by atoms with Crippen molar-refractivity contribution in [1.29, 1.82) is 0 Å². The highest BCUT2D eigenvalue weighted by atomic mass is 32.2. The Hall–Kier alpha value is -4.37. The zero-order chi connectivity index (χ0) is 27.2. The van der Waals surface area contributed by atoms with Crippen molar-refractivity contribution in [2.24, 2.45) is 0 Å². The number of amides is 4. The topological polar surface area (TPSA) is 105 Å². The average molecular weight is 530 g/mol. The number of anilines is 2. The van der Waals surface area contributed by atoms with Crippen LogP contribution in [0.2, 0.25) is 0 Å². The van der Waals surface area contributed by atoms with Crippen LogP contribution in [0.4, 0.5) is 16.2 Å². The van der Waals surface area contributed by atoms with E-state index in [4.69, 9.17) is 4.74 Å². The number of carbonyl (C=O) groups excluding carboxylic acids is 4. The molecule has 38 heavy (non-hydrogen) atoms. The number of nitrogens with one attached hydrogen (secondary N) is 2. The van der Waals surface area contributed by atoms with Gasteiger partial charge in [0.25, 0.3) is 17.1 Å². The number of nitrogens with zero attached hydrogens (tertiary/aromatic N) is 1. The molecule has 8 nitrogen and oxygen atoms in total. The van der Waals surface area contributed by atoms with Crippen molar-refractivity contribution >= 4 is 52.2 Å². The first-order valence-corrected chi connectivity index (χ1v) is 12.7. The van der Waals surface area contributed by atoms with Crippen LogP contribution in [-0.2, 0) is 14.4 Å². The van der Waals surface area contributed by atoms with Gasteiger partial charge < -0.3 is 15.4 Å². The molecule has 0 radical (unpaired) electrons. The summed E-state index contributed by atoms with van der Waals surface area (Å²) in [6.07, 6.45) is 1.58. The third-order valence-electron chi connectivity index (χ3n) is 5.56. The summed E-state index contributed by atoms with van der Waals surface area (Å²) in [5.74, 6) is -0.777. The van der Waals surface area contributed by atoms with Crippen molar-refractivity contribution in [3.63, 3.8) is 0 Å². The van der Waals surface area contributed by atoms with Crippen molar-refractivity contribution in [1.82, 2.24) is 4.90 Å². The standard InChI is InChI=1S/C29H27N3O5S/c1-18-4-8-22(9-5-18)30-27(34)17-37-24-10-6-21(7-11-24)15-25-28(35)32(29(36)38-25)16-26(33)31-23-13-19(2)12-20(3)14-23/h4-15H,16-17H2,1-3H3,(H,30,34)(H,31,33)/b25-15+. The van der Waals surface area contributed by atoms with Gasteiger partial charge in [-0.3, -0.25) is 24.1 Å². The Morgan fingerprint density at radius 3 is 2.11 bits per heavy atom. The third-order valence-corrected chi connectivity index (χ3v) is 6.47. The first-order chi connectivity index (χ1) is 18.2. The first-order valence-electron chi connectivity index (χ1n) is 11.9. The molecule has 3 aromatic carbocycles. The Morgan fingerprint density at radius 1 is 0.816 bits per heavy atom. The van der Waals surface area contributed by atoms with Gasteiger partial charge in [0.1, 0.15) is 12.3 Å². The molecular formula is C29H27N3O5S. The molecule has 0 aliphatic carbocycles. The second kappa shape index (κ2) is 11.8. The van der Waals surface area contributed by atoms with Crippen molar-refractivity contribution in [2.45, 2.75) is 20.8 Å². The van der Waals surface area contributed by atoms with Crippen molar-refractivity contribution < 1.29 is 23.9 Å². The van der Waals surface area contributed by atoms with E-state index in [2.05, 4.69) is 10.6 Å². The lowest BCUT2D eigenvalue weighted by molar-refractivity contribution is -0.127. The largest absolute Gasteiger partial charge is 0.484 e. The molecule has 0 unspecified atom stereocenters. The quantitative estimate of drug-likeness (QED) is 0.384. The molecule has 0 aromatic heterocycles. The zero-order valence-corrected chi connectivity index (χ0v) is 22.1. The molecule has 1 aliphatic heterocycles. The van der Waals surface area contributed by atoms with Crippen LogP contribution in [0.15, 0.2) is 71.6 Å². The number of carbonyl (C=O) groups is 4. The summed E-state index contributed by atoms with van der Waals surface area (Å²) in [6.45, 7) is 5.29. The van der Waals surface area contributed by atoms with E-state index in [0.29, 0.717) is 22.7 Å². The van der Waals surface area contributed by atoms with Gasteiger partial charge in [-0.2, -0.15) is 0 Å². The van der Waals surface area contributed by atoms with E-state index >= 15 is 0 Å². The van der Waals surface area contributed by atoms with Gasteiger partial charge >= 0.3 is 0 Å². The Kier molecular flexibility index (Phi) is 8.28. The van der Waals surface area contributed by atoms with Crippen molar-refractivity contribution in [2.75, 3.05) is 23.8 Å². The molecule has 0 spiro atoms. The highest BCUT2D eigenvalue weighted by molar-refractivity contribution is 8.18. The molecule has 4 rings (SSSR count). The van der Waals surface area contributed by atoms with Gasteiger partial charge in [0.2, 0.25) is 5.91 Å². The summed E-state index contributed by atoms with van der Waals surface area (Å²) < 4.78 is 5.54. The first kappa shape index (κ1) is 26.7. The molecule has 2 N–H and O–H groups in total. The number of imide groups is 1. The van der Waals surface area contributed by atoms with E-state index in [0.717, 1.165) is 33.4 Å². The molecule has 1 fully saturated rings. The maximum absolute atomic E-state index is 12.8. The lowest BCUT2D eigenvalue weighted by Gasteiger charge is -2.13. The molecule has 1 heterocycles. The van der Waals surface area contributed by atoms with Gasteiger partial charge in [-0.25, -0.2) is 0 Å². The van der Waals surface area contributed by atoms with Crippen LogP contribution in [0.5, 0.6) is 5.75 Å². The Bertz CT molecular complexity index is 1390. The zero-order valence-electron chi connectivity index (χ0n) is 21.2. The fourth-order valence-corrected chi connectivity index (χ4v) is 4.66. The maximum Gasteiger partial charge on any atom is 0.294 e. The van der Waals surface area contributed by atoms with E-state index < -0.39 is 17.1 Å². The number of rotatable bonds is 8. The molecule has 1 aliphatic rings. The molecule has 0 saturated carbocycles. The second-order valence-electron chi connectivity index (χ2n) is 8.96. The molecule has 3 aromatic rings. The second-order valence-corrected chi connectivity index (χ2v) is 9.96. The third kappa shape index (κ3) is 7.10. The SMILES string of the molecule is Cc1ccc(NC(=O)COc2ccc(/C=C3/SC(=O)N(CC(=O)Nc4cc(C)cc(C)c4)C3=O)cc2)cc1. The van der Waals surface area contributed by atoms with Gasteiger partial charge in [0.15, 0.2) is 6.61 Å². The molecule has 4 amide bonds. The smallest absolute Gasteiger partial charge is 0.294 e. The van der Waals surface area contributed by atoms with Gasteiger partial charge in [-0.1, -0.05) is 35.9 Å². The molecule has 194 valence electrons. The molecule has 0 atom stereocenters. The number of hydrogen-bond donors (Lipinski definition) is 2. The fraction of sp³-hybridized carbons (Fsp3) is 0.172. The number of hydrogen-bond acceptors (Lipinski definition) is 6. The van der Waals surface area contributed by atoms with Crippen LogP contribution in [0, 0.1) is 20.8 Å². The van der Waals surface area contributed by atoms with Crippen LogP contribution in [0.25, 0.3) is 6.08 Å². The van der Waals surface area contributed by atoms with E-state index in [9.17, 15) is 19.2 Å². The predicted octanol–water partition coefficient (Wildman–Crippen LogP) is 5.30. The summed E-state index contributed by atoms with van der Waals surface area (Å²) in [5, 5.41) is 5.00. The minimum Gasteiger partial charge on any atom is -0.484 e. The van der Waals surface area contributed by atoms with Gasteiger partial charge in [0, 0.05) is 11.4 Å². The summed E-state index contributed by atoms with van der Waals surface area (Å²) >= 11 is 0.784. The van der Waals surface area contributed by atoms with Gasteiger partial charge in [-0.05, 0) is 91.7 Å². The van der Waals surface area contributed by atoms with Crippen LogP contribution in [-0.4, -0.2) is 41.0 Å². The maximum atomic E-state index is 12.8. The lowest BCUT2D eigenvalue weighted by atomic mass is 10.1. The minimum absolute atomic E-state index is 0.156. The monoisotopic (exact) mass is 529 g/mol. The Labute approximate surface area is 225 Å². The molecule has 1 saturated heterocycles. The molecule has 9 heteroatoms. The molecule has 0 bridgehead atoms. The van der Waals surface area contributed by atoms with Crippen molar-refractivity contribution in [3.05, 3.63) is 93.9 Å². The average Bonchev–Trinajstić information content (AvgIpc) is 3.11. The number of thioether (sulfide) groups is 1. The summed E-state index contributed by atoms with van der Waals surface area (Å²) in [7, 11) is 0. The van der Waals surface area contributed by atoms with Gasteiger partial charge in [-0.15, -0.1) is 0 Å². The number of aryl methyl sites for hydroxylation is 3. The Balaban J connectivity index is 1.31. The Morgan fingerprint density at radius 2 is 1.45 bits per heavy atom. The normalized spacial score (nSPS) is 14.1. The number of benzene rings is 3. The highest BCUT2D eigenvalue weighted by Gasteiger charge is 2.36. The number of ether oxygens (including phenoxy) is 1. The van der Waals surface area contributed by atoms with Crippen LogP contribution >= 0.6 is 11.8 Å². The highest BCUT2D eigenvalue weighted by Crippen LogP contribution is 2.32. The van der Waals surface area contributed by atoms with E-state index in [1.807, 2.05) is 63.2 Å². The molecular weight excluding hydrogens is 502 g/mol. The lowest BCUT2D eigenvalue weighted by Crippen LogP contribution is -2.36.